The quantitative estimate of drug-likeness (QED) is 0.347. The third-order valence-corrected chi connectivity index (χ3v) is 0.604. The summed E-state index contributed by atoms with van der Waals surface area (Å²) < 4.78 is 0. The molecule has 0 atom stereocenters. The van der Waals surface area contributed by atoms with E-state index >= 15 is 0 Å². The first-order valence-electron chi connectivity index (χ1n) is 2.21. The van der Waals surface area contributed by atoms with Crippen molar-refractivity contribution in [2.75, 3.05) is 0 Å². The third kappa shape index (κ3) is 18.8. The number of unbranched alkanes of at least 4 members (excludes halogenated alkanes) is 2. The van der Waals surface area contributed by atoms with Crippen LogP contribution in [0.15, 0.2) is 0 Å². The van der Waals surface area contributed by atoms with Gasteiger partial charge in [0.05, 0.1) is 0 Å². The van der Waals surface area contributed by atoms with Crippen LogP contribution in [0.2, 0.25) is 0 Å². The van der Waals surface area contributed by atoms with Gasteiger partial charge in [-0.15, -0.1) is 12.4 Å². The van der Waals surface area contributed by atoms with Crippen LogP contribution < -0.4 is 29.6 Å². The smallest absolute Gasteiger partial charge is 0.343 e. The molecule has 2 heteroatoms. The SMILES string of the molecule is Cl.[CH2-]CCCC.[Na+]. The maximum atomic E-state index is 3.68. The van der Waals surface area contributed by atoms with Crippen molar-refractivity contribution in [1.82, 2.24) is 0 Å². The molecule has 40 valence electrons. The van der Waals surface area contributed by atoms with E-state index in [1.807, 2.05) is 0 Å². The van der Waals surface area contributed by atoms with Crippen LogP contribution in [0, 0.1) is 6.92 Å². The first kappa shape index (κ1) is 15.7. The van der Waals surface area contributed by atoms with Crippen molar-refractivity contribution in [3.8, 4) is 0 Å². The van der Waals surface area contributed by atoms with Crippen LogP contribution in [-0.4, -0.2) is 0 Å². The number of hydrogen-bond acceptors (Lipinski definition) is 0. The Bertz CT molecular complexity index is 15.6. The van der Waals surface area contributed by atoms with Crippen LogP contribution in [0.25, 0.3) is 0 Å². The zero-order chi connectivity index (χ0) is 4.12. The van der Waals surface area contributed by atoms with Crippen molar-refractivity contribution in [2.24, 2.45) is 0 Å². The first-order chi connectivity index (χ1) is 2.41. The van der Waals surface area contributed by atoms with E-state index in [-0.39, 0.29) is 42.0 Å². The van der Waals surface area contributed by atoms with E-state index in [9.17, 15) is 0 Å². The fourth-order valence-electron chi connectivity index (χ4n) is 0.250. The largest absolute Gasteiger partial charge is 1.00 e. The first-order valence-corrected chi connectivity index (χ1v) is 2.21. The summed E-state index contributed by atoms with van der Waals surface area (Å²) in [6, 6.07) is 0. The second-order valence-electron chi connectivity index (χ2n) is 1.21. The summed E-state index contributed by atoms with van der Waals surface area (Å²) >= 11 is 0. The molecule has 0 radical (unpaired) electrons. The molecule has 0 aromatic carbocycles. The van der Waals surface area contributed by atoms with Crippen LogP contribution in [0.1, 0.15) is 26.2 Å². The molecular weight excluding hydrogens is 118 g/mol. The molecule has 0 aromatic heterocycles. The zero-order valence-corrected chi connectivity index (χ0v) is 8.05. The van der Waals surface area contributed by atoms with E-state index in [2.05, 4.69) is 13.8 Å². The molecule has 0 rings (SSSR count). The fraction of sp³-hybridized carbons (Fsp3) is 0.800. The Hall–Kier alpha value is 1.29. The normalized spacial score (nSPS) is 6.00. The van der Waals surface area contributed by atoms with Crippen LogP contribution in [0.5, 0.6) is 0 Å². The topological polar surface area (TPSA) is 0 Å². The summed E-state index contributed by atoms with van der Waals surface area (Å²) in [5.74, 6) is 0. The van der Waals surface area contributed by atoms with Crippen LogP contribution >= 0.6 is 12.4 Å². The molecule has 0 bridgehead atoms. The molecule has 0 unspecified atom stereocenters. The molecule has 0 aliphatic carbocycles. The monoisotopic (exact) mass is 130 g/mol. The van der Waals surface area contributed by atoms with Gasteiger partial charge in [-0.05, 0) is 0 Å². The number of hydrogen-bond donors (Lipinski definition) is 0. The molecule has 0 spiro atoms. The molecule has 0 saturated carbocycles. The van der Waals surface area contributed by atoms with Gasteiger partial charge in [0.2, 0.25) is 0 Å². The third-order valence-electron chi connectivity index (χ3n) is 0.604. The summed E-state index contributed by atoms with van der Waals surface area (Å²) in [7, 11) is 0. The summed E-state index contributed by atoms with van der Waals surface area (Å²) in [5, 5.41) is 0. The second-order valence-corrected chi connectivity index (χ2v) is 1.21. The summed E-state index contributed by atoms with van der Waals surface area (Å²) in [6.45, 7) is 5.85. The van der Waals surface area contributed by atoms with Crippen LogP contribution in [-0.2, 0) is 0 Å². The average Bonchev–Trinajstić information content (AvgIpc) is 1.41. The molecule has 0 aliphatic rings. The molecule has 0 amide bonds. The standard InChI is InChI=1S/C5H11.ClH.Na/c1-3-5-4-2;;/h1,3-5H2,2H3;1H;/q-1;;+1. The van der Waals surface area contributed by atoms with Gasteiger partial charge in [0.15, 0.2) is 0 Å². The Balaban J connectivity index is -0.0000000800. The van der Waals surface area contributed by atoms with E-state index in [1.54, 1.807) is 0 Å². The predicted molar refractivity (Wildman–Crippen MR) is 32.1 cm³/mol. The molecule has 0 aliphatic heterocycles. The van der Waals surface area contributed by atoms with E-state index < -0.39 is 0 Å². The average molecular weight is 131 g/mol. The van der Waals surface area contributed by atoms with E-state index in [0.717, 1.165) is 6.42 Å². The van der Waals surface area contributed by atoms with Crippen LogP contribution in [0.4, 0.5) is 0 Å². The fourth-order valence-corrected chi connectivity index (χ4v) is 0.250. The Kier molecular flexibility index (Phi) is 35.2. The van der Waals surface area contributed by atoms with Gasteiger partial charge < -0.3 is 6.92 Å². The Morgan fingerprint density at radius 2 is 1.86 bits per heavy atom. The zero-order valence-electron chi connectivity index (χ0n) is 5.24. The number of rotatable bonds is 2. The molecule has 0 nitrogen and oxygen atoms in total. The van der Waals surface area contributed by atoms with Gasteiger partial charge in [-0.1, -0.05) is 19.8 Å². The minimum atomic E-state index is 0. The molecule has 0 fully saturated rings. The van der Waals surface area contributed by atoms with Gasteiger partial charge in [-0.2, -0.15) is 6.42 Å². The van der Waals surface area contributed by atoms with Crippen LogP contribution in [0.3, 0.4) is 0 Å². The van der Waals surface area contributed by atoms with Gasteiger partial charge >= 0.3 is 29.6 Å². The van der Waals surface area contributed by atoms with Gasteiger partial charge in [-0.3, -0.25) is 0 Å². The molecule has 0 heterocycles. The van der Waals surface area contributed by atoms with Gasteiger partial charge in [-0.25, -0.2) is 0 Å². The molecule has 0 aromatic rings. The van der Waals surface area contributed by atoms with Crippen molar-refractivity contribution in [1.29, 1.82) is 0 Å². The summed E-state index contributed by atoms with van der Waals surface area (Å²) in [5.41, 5.74) is 0. The second kappa shape index (κ2) is 15.7. The van der Waals surface area contributed by atoms with Crippen molar-refractivity contribution < 1.29 is 29.6 Å². The molecule has 0 N–H and O–H groups in total. The maximum absolute atomic E-state index is 3.68. The Morgan fingerprint density at radius 3 is 1.86 bits per heavy atom. The maximum Gasteiger partial charge on any atom is 1.00 e. The van der Waals surface area contributed by atoms with E-state index in [1.165, 1.54) is 12.8 Å². The predicted octanol–water partition coefficient (Wildman–Crippen LogP) is -0.564. The van der Waals surface area contributed by atoms with Crippen molar-refractivity contribution in [2.45, 2.75) is 26.2 Å². The van der Waals surface area contributed by atoms with E-state index in [0.29, 0.717) is 0 Å². The van der Waals surface area contributed by atoms with Crippen molar-refractivity contribution in [3.05, 3.63) is 6.92 Å². The van der Waals surface area contributed by atoms with E-state index in [4.69, 9.17) is 0 Å². The molecular formula is C5H12ClNa. The Morgan fingerprint density at radius 1 is 1.43 bits per heavy atom. The summed E-state index contributed by atoms with van der Waals surface area (Å²) in [6.07, 6.45) is 3.65. The van der Waals surface area contributed by atoms with Crippen molar-refractivity contribution >= 4 is 12.4 Å². The number of halogens is 1. The summed E-state index contributed by atoms with van der Waals surface area (Å²) in [4.78, 5) is 0. The van der Waals surface area contributed by atoms with Gasteiger partial charge in [0.25, 0.3) is 0 Å². The van der Waals surface area contributed by atoms with Crippen molar-refractivity contribution in [3.63, 3.8) is 0 Å². The minimum absolute atomic E-state index is 0. The molecule has 0 saturated heterocycles. The van der Waals surface area contributed by atoms with Gasteiger partial charge in [0.1, 0.15) is 0 Å². The molecule has 7 heavy (non-hydrogen) atoms. The minimum Gasteiger partial charge on any atom is -0.343 e. The van der Waals surface area contributed by atoms with Gasteiger partial charge in [0, 0.05) is 0 Å². The Labute approximate surface area is 74.8 Å².